The minimum absolute atomic E-state index is 0.0825. The van der Waals surface area contributed by atoms with Crippen molar-refractivity contribution in [3.63, 3.8) is 0 Å². The Morgan fingerprint density at radius 2 is 1.87 bits per heavy atom. The number of para-hydroxylation sites is 1. The number of nitrogens with zero attached hydrogens (tertiary/aromatic N) is 2. The fourth-order valence-electron chi connectivity index (χ4n) is 4.15. The minimum Gasteiger partial charge on any atom is -0.496 e. The number of piperazine rings is 1. The first-order valence-electron chi connectivity index (χ1n) is 10.9. The quantitative estimate of drug-likeness (QED) is 0.700. The third-order valence-corrected chi connectivity index (χ3v) is 6.06. The van der Waals surface area contributed by atoms with E-state index in [0.29, 0.717) is 13.3 Å². The normalized spacial score (nSPS) is 17.4. The number of ether oxygens (including phenoxy) is 3. The lowest BCUT2D eigenvalue weighted by atomic mass is 10.1. The molecule has 1 amide bonds. The van der Waals surface area contributed by atoms with Crippen LogP contribution in [0.1, 0.15) is 18.1 Å². The van der Waals surface area contributed by atoms with Gasteiger partial charge in [0.2, 0.25) is 12.7 Å². The number of amides is 1. The molecule has 1 unspecified atom stereocenters. The van der Waals surface area contributed by atoms with Crippen LogP contribution in [0.4, 0.5) is 0 Å². The Kier molecular flexibility index (Phi) is 6.94. The van der Waals surface area contributed by atoms with E-state index in [2.05, 4.69) is 27.2 Å². The molecule has 0 aromatic heterocycles. The maximum atomic E-state index is 12.6. The molecule has 0 aliphatic carbocycles. The van der Waals surface area contributed by atoms with Crippen LogP contribution in [0.3, 0.4) is 0 Å². The van der Waals surface area contributed by atoms with E-state index in [4.69, 9.17) is 14.2 Å². The maximum absolute atomic E-state index is 12.6. The van der Waals surface area contributed by atoms with E-state index in [1.807, 2.05) is 37.3 Å². The second-order valence-electron chi connectivity index (χ2n) is 8.03. The third-order valence-electron chi connectivity index (χ3n) is 6.06. The van der Waals surface area contributed by atoms with Crippen LogP contribution in [0.2, 0.25) is 0 Å². The van der Waals surface area contributed by atoms with Gasteiger partial charge in [-0.15, -0.1) is 0 Å². The Labute approximate surface area is 183 Å². The Morgan fingerprint density at radius 3 is 2.68 bits per heavy atom. The fourth-order valence-corrected chi connectivity index (χ4v) is 4.15. The van der Waals surface area contributed by atoms with Gasteiger partial charge in [0.05, 0.1) is 13.2 Å². The van der Waals surface area contributed by atoms with Gasteiger partial charge in [0, 0.05) is 39.3 Å². The molecule has 2 aliphatic heterocycles. The van der Waals surface area contributed by atoms with Crippen molar-refractivity contribution in [1.29, 1.82) is 0 Å². The van der Waals surface area contributed by atoms with Crippen LogP contribution < -0.4 is 19.5 Å². The first-order valence-corrected chi connectivity index (χ1v) is 10.9. The van der Waals surface area contributed by atoms with Crippen LogP contribution in [0.15, 0.2) is 42.5 Å². The first kappa shape index (κ1) is 21.5. The van der Waals surface area contributed by atoms with Crippen LogP contribution >= 0.6 is 0 Å². The van der Waals surface area contributed by atoms with Gasteiger partial charge in [-0.1, -0.05) is 24.3 Å². The second kappa shape index (κ2) is 10.0. The van der Waals surface area contributed by atoms with Crippen molar-refractivity contribution in [1.82, 2.24) is 15.1 Å². The number of hydrogen-bond acceptors (Lipinski definition) is 6. The van der Waals surface area contributed by atoms with Crippen molar-refractivity contribution < 1.29 is 19.0 Å². The van der Waals surface area contributed by atoms with Gasteiger partial charge in [-0.05, 0) is 42.7 Å². The van der Waals surface area contributed by atoms with E-state index in [0.717, 1.165) is 62.0 Å². The van der Waals surface area contributed by atoms with Gasteiger partial charge in [0.1, 0.15) is 5.75 Å². The van der Waals surface area contributed by atoms with Crippen molar-refractivity contribution in [2.45, 2.75) is 25.9 Å². The molecule has 0 bridgehead atoms. The fraction of sp³-hybridized carbons (Fsp3) is 0.458. The molecule has 1 atom stereocenters. The molecule has 2 heterocycles. The molecule has 2 aromatic rings. The molecule has 1 N–H and O–H groups in total. The summed E-state index contributed by atoms with van der Waals surface area (Å²) in [6.07, 6.45) is 0.756. The number of nitrogens with one attached hydrogen (secondary N) is 1. The Balaban J connectivity index is 1.20. The summed E-state index contributed by atoms with van der Waals surface area (Å²) in [5, 5.41) is 3.08. The lowest BCUT2D eigenvalue weighted by Crippen LogP contribution is -2.53. The average Bonchev–Trinajstić information content (AvgIpc) is 3.27. The zero-order valence-electron chi connectivity index (χ0n) is 18.3. The largest absolute Gasteiger partial charge is 0.496 e. The van der Waals surface area contributed by atoms with Gasteiger partial charge in [-0.3, -0.25) is 14.6 Å². The van der Waals surface area contributed by atoms with Crippen LogP contribution in [0, 0.1) is 0 Å². The molecule has 166 valence electrons. The van der Waals surface area contributed by atoms with Gasteiger partial charge >= 0.3 is 0 Å². The lowest BCUT2D eigenvalue weighted by Gasteiger charge is -2.37. The maximum Gasteiger partial charge on any atom is 0.237 e. The Bertz CT molecular complexity index is 896. The number of methoxy groups -OCH3 is 1. The SMILES string of the molecule is COc1ccccc1CCNC(=O)C(C)N1CCN(Cc2ccc3c(c2)OCO3)CC1. The van der Waals surface area contributed by atoms with Gasteiger partial charge < -0.3 is 19.5 Å². The summed E-state index contributed by atoms with van der Waals surface area (Å²) in [4.78, 5) is 17.3. The number of rotatable bonds is 8. The van der Waals surface area contributed by atoms with E-state index in [-0.39, 0.29) is 11.9 Å². The highest BCUT2D eigenvalue weighted by molar-refractivity contribution is 5.81. The molecule has 7 nitrogen and oxygen atoms in total. The van der Waals surface area contributed by atoms with Gasteiger partial charge in [0.15, 0.2) is 11.5 Å². The molecule has 7 heteroatoms. The van der Waals surface area contributed by atoms with E-state index in [1.165, 1.54) is 5.56 Å². The Morgan fingerprint density at radius 1 is 1.10 bits per heavy atom. The minimum atomic E-state index is -0.134. The number of carbonyl (C=O) groups is 1. The number of benzene rings is 2. The van der Waals surface area contributed by atoms with Gasteiger partial charge in [-0.2, -0.15) is 0 Å². The van der Waals surface area contributed by atoms with Crippen molar-refractivity contribution in [2.75, 3.05) is 46.6 Å². The molecule has 1 fully saturated rings. The molecule has 0 radical (unpaired) electrons. The number of carbonyl (C=O) groups excluding carboxylic acids is 1. The monoisotopic (exact) mass is 425 g/mol. The third kappa shape index (κ3) is 5.29. The van der Waals surface area contributed by atoms with Crippen molar-refractivity contribution >= 4 is 5.91 Å². The van der Waals surface area contributed by atoms with E-state index in [9.17, 15) is 4.79 Å². The molecule has 0 saturated carbocycles. The van der Waals surface area contributed by atoms with E-state index >= 15 is 0 Å². The van der Waals surface area contributed by atoms with Crippen LogP contribution in [0.5, 0.6) is 17.2 Å². The van der Waals surface area contributed by atoms with Crippen LogP contribution in [-0.2, 0) is 17.8 Å². The molecule has 2 aromatic carbocycles. The zero-order chi connectivity index (χ0) is 21.6. The highest BCUT2D eigenvalue weighted by Crippen LogP contribution is 2.32. The molecular weight excluding hydrogens is 394 g/mol. The van der Waals surface area contributed by atoms with Crippen LogP contribution in [0.25, 0.3) is 0 Å². The van der Waals surface area contributed by atoms with Crippen LogP contribution in [-0.4, -0.2) is 68.4 Å². The summed E-state index contributed by atoms with van der Waals surface area (Å²) in [7, 11) is 1.67. The summed E-state index contributed by atoms with van der Waals surface area (Å²) in [6, 6.07) is 13.9. The smallest absolute Gasteiger partial charge is 0.237 e. The molecule has 2 aliphatic rings. The highest BCUT2D eigenvalue weighted by Gasteiger charge is 2.25. The summed E-state index contributed by atoms with van der Waals surface area (Å²) < 4.78 is 16.2. The summed E-state index contributed by atoms with van der Waals surface area (Å²) in [6.45, 7) is 7.41. The molecule has 31 heavy (non-hydrogen) atoms. The Hall–Kier alpha value is -2.77. The summed E-state index contributed by atoms with van der Waals surface area (Å²) in [5.74, 6) is 2.59. The number of fused-ring (bicyclic) bond motifs is 1. The molecule has 0 spiro atoms. The van der Waals surface area contributed by atoms with Gasteiger partial charge in [-0.25, -0.2) is 0 Å². The van der Waals surface area contributed by atoms with Crippen molar-refractivity contribution in [2.24, 2.45) is 0 Å². The molecule has 1 saturated heterocycles. The van der Waals surface area contributed by atoms with E-state index in [1.54, 1.807) is 7.11 Å². The lowest BCUT2D eigenvalue weighted by molar-refractivity contribution is -0.126. The van der Waals surface area contributed by atoms with Crippen molar-refractivity contribution in [3.8, 4) is 17.2 Å². The first-order chi connectivity index (χ1) is 15.1. The van der Waals surface area contributed by atoms with E-state index < -0.39 is 0 Å². The van der Waals surface area contributed by atoms with Crippen molar-refractivity contribution in [3.05, 3.63) is 53.6 Å². The summed E-state index contributed by atoms with van der Waals surface area (Å²) >= 11 is 0. The highest BCUT2D eigenvalue weighted by atomic mass is 16.7. The zero-order valence-corrected chi connectivity index (χ0v) is 18.3. The topological polar surface area (TPSA) is 63.3 Å². The predicted octanol–water partition coefficient (Wildman–Crippen LogP) is 2.29. The van der Waals surface area contributed by atoms with Gasteiger partial charge in [0.25, 0.3) is 0 Å². The predicted molar refractivity (Wildman–Crippen MR) is 119 cm³/mol. The summed E-state index contributed by atoms with van der Waals surface area (Å²) in [5.41, 5.74) is 2.33. The standard InChI is InChI=1S/C24H31N3O4/c1-18(24(28)25-10-9-20-5-3-4-6-21(20)29-2)27-13-11-26(12-14-27)16-19-7-8-22-23(15-19)31-17-30-22/h3-8,15,18H,9-14,16-17H2,1-2H3,(H,25,28). The molecular formula is C24H31N3O4. The number of hydrogen-bond donors (Lipinski definition) is 1. The molecule has 4 rings (SSSR count). The second-order valence-corrected chi connectivity index (χ2v) is 8.03. The average molecular weight is 426 g/mol.